The molecule has 1 aliphatic rings. The number of carbonyl (C=O) groups is 1. The highest BCUT2D eigenvalue weighted by atomic mass is 35.5. The van der Waals surface area contributed by atoms with Gasteiger partial charge in [-0.05, 0) is 48.4 Å². The maximum Gasteiger partial charge on any atom is 0.271 e. The number of carbonyl (C=O) groups excluding carboxylic acids is 1. The van der Waals surface area contributed by atoms with Gasteiger partial charge in [0.2, 0.25) is 0 Å². The van der Waals surface area contributed by atoms with Crippen LogP contribution in [-0.4, -0.2) is 15.7 Å². The summed E-state index contributed by atoms with van der Waals surface area (Å²) >= 11 is 5.96. The second-order valence-corrected chi connectivity index (χ2v) is 8.91. The first-order chi connectivity index (χ1) is 14.5. The average molecular weight is 419 g/mol. The smallest absolute Gasteiger partial charge is 0.267 e. The van der Waals surface area contributed by atoms with Crippen LogP contribution in [0.3, 0.4) is 0 Å². The molecule has 154 valence electrons. The van der Waals surface area contributed by atoms with E-state index >= 15 is 0 Å². The van der Waals surface area contributed by atoms with Crippen LogP contribution in [0.2, 0.25) is 5.02 Å². The largest absolute Gasteiger partial charge is 0.271 e. The molecule has 0 N–H and O–H groups in total. The van der Waals surface area contributed by atoms with Crippen molar-refractivity contribution in [2.24, 2.45) is 5.92 Å². The van der Waals surface area contributed by atoms with E-state index in [1.54, 1.807) is 10.8 Å². The molecule has 30 heavy (non-hydrogen) atoms. The van der Waals surface area contributed by atoms with E-state index in [9.17, 15) is 4.79 Å². The van der Waals surface area contributed by atoms with Crippen LogP contribution in [0, 0.1) is 5.92 Å². The molecule has 4 rings (SSSR count). The van der Waals surface area contributed by atoms with Crippen molar-refractivity contribution in [2.75, 3.05) is 0 Å². The lowest BCUT2D eigenvalue weighted by atomic mass is 9.75. The molecule has 2 atom stereocenters. The molecule has 0 aliphatic heterocycles. The van der Waals surface area contributed by atoms with E-state index in [0.29, 0.717) is 22.8 Å². The molecule has 2 aromatic carbocycles. The molecular formula is C26H27ClN2O. The second kappa shape index (κ2) is 8.61. The Labute approximate surface area is 183 Å². The van der Waals surface area contributed by atoms with Gasteiger partial charge in [0.1, 0.15) is 0 Å². The maximum absolute atomic E-state index is 13.3. The Balaban J connectivity index is 1.80. The summed E-state index contributed by atoms with van der Waals surface area (Å²) in [5.41, 5.74) is 5.27. The molecule has 0 unspecified atom stereocenters. The molecule has 0 saturated heterocycles. The van der Waals surface area contributed by atoms with Gasteiger partial charge >= 0.3 is 0 Å². The fraction of sp³-hybridized carbons (Fsp3) is 0.308. The molecule has 1 aromatic heterocycles. The minimum absolute atomic E-state index is 0.108. The van der Waals surface area contributed by atoms with Gasteiger partial charge < -0.3 is 0 Å². The van der Waals surface area contributed by atoms with Crippen molar-refractivity contribution in [3.8, 4) is 11.3 Å². The lowest BCUT2D eigenvalue weighted by molar-refractivity contribution is 0.0947. The lowest BCUT2D eigenvalue weighted by Crippen LogP contribution is -2.23. The molecule has 0 bridgehead atoms. The third-order valence-corrected chi connectivity index (χ3v) is 6.32. The summed E-state index contributed by atoms with van der Waals surface area (Å²) in [5.74, 6) is 1.05. The number of rotatable bonds is 4. The Bertz CT molecular complexity index is 1060. The summed E-state index contributed by atoms with van der Waals surface area (Å²) in [7, 11) is 0. The Kier molecular flexibility index (Phi) is 5.92. The topological polar surface area (TPSA) is 34.9 Å². The summed E-state index contributed by atoms with van der Waals surface area (Å²) in [5, 5.41) is 5.55. The molecule has 0 spiro atoms. The van der Waals surface area contributed by atoms with Gasteiger partial charge in [-0.3, -0.25) is 4.79 Å². The van der Waals surface area contributed by atoms with Crippen molar-refractivity contribution >= 4 is 23.6 Å². The molecule has 3 aromatic rings. The zero-order valence-electron chi connectivity index (χ0n) is 17.7. The lowest BCUT2D eigenvalue weighted by Gasteiger charge is -2.30. The zero-order chi connectivity index (χ0) is 21.3. The fourth-order valence-corrected chi connectivity index (χ4v) is 4.56. The van der Waals surface area contributed by atoms with E-state index in [0.717, 1.165) is 35.4 Å². The van der Waals surface area contributed by atoms with Crippen LogP contribution in [0.15, 0.2) is 60.7 Å². The molecule has 0 radical (unpaired) electrons. The normalized spacial score (nSPS) is 18.7. The highest BCUT2D eigenvalue weighted by Gasteiger charge is 2.35. The average Bonchev–Trinajstić information content (AvgIpc) is 3.15. The molecule has 1 heterocycles. The summed E-state index contributed by atoms with van der Waals surface area (Å²) < 4.78 is 1.66. The Morgan fingerprint density at radius 2 is 1.80 bits per heavy atom. The fourth-order valence-electron chi connectivity index (χ4n) is 4.43. The molecule has 1 aliphatic carbocycles. The van der Waals surface area contributed by atoms with Crippen molar-refractivity contribution < 1.29 is 4.79 Å². The first-order valence-corrected chi connectivity index (χ1v) is 11.0. The number of hydrogen-bond acceptors (Lipinski definition) is 2. The van der Waals surface area contributed by atoms with Gasteiger partial charge in [-0.15, -0.1) is 0 Å². The number of hydrogen-bond donors (Lipinski definition) is 0. The van der Waals surface area contributed by atoms with Gasteiger partial charge in [0.25, 0.3) is 5.91 Å². The van der Waals surface area contributed by atoms with E-state index in [-0.39, 0.29) is 5.91 Å². The third-order valence-electron chi connectivity index (χ3n) is 6.06. The van der Waals surface area contributed by atoms with Gasteiger partial charge in [-0.2, -0.15) is 5.10 Å². The summed E-state index contributed by atoms with van der Waals surface area (Å²) in [4.78, 5) is 13.3. The standard InChI is InChI=1S/C26H27ClN2O/c1-17(2)22-15-9-18(3)24-25(20-7-5-4-6-8-20)28-29(26(22)24)23(30)16-12-19-10-13-21(27)14-11-19/h4-8,10-14,16-18,22H,9,15H2,1-3H3/b16-12+/t18-,22-/m1/s1. The minimum Gasteiger partial charge on any atom is -0.267 e. The van der Waals surface area contributed by atoms with E-state index < -0.39 is 0 Å². The van der Waals surface area contributed by atoms with E-state index in [4.69, 9.17) is 16.7 Å². The summed E-state index contributed by atoms with van der Waals surface area (Å²) in [6, 6.07) is 17.7. The Morgan fingerprint density at radius 3 is 2.47 bits per heavy atom. The van der Waals surface area contributed by atoms with Gasteiger partial charge in [-0.25, -0.2) is 4.68 Å². The highest BCUT2D eigenvalue weighted by Crippen LogP contribution is 2.46. The van der Waals surface area contributed by atoms with Crippen LogP contribution in [-0.2, 0) is 0 Å². The van der Waals surface area contributed by atoms with Crippen LogP contribution in [0.1, 0.15) is 67.1 Å². The summed E-state index contributed by atoms with van der Waals surface area (Å²) in [6.07, 6.45) is 5.64. The van der Waals surface area contributed by atoms with Gasteiger partial charge in [0.15, 0.2) is 0 Å². The van der Waals surface area contributed by atoms with Crippen molar-refractivity contribution in [3.05, 3.63) is 82.5 Å². The van der Waals surface area contributed by atoms with Crippen molar-refractivity contribution in [1.29, 1.82) is 0 Å². The van der Waals surface area contributed by atoms with Crippen LogP contribution in [0.5, 0.6) is 0 Å². The summed E-state index contributed by atoms with van der Waals surface area (Å²) in [6.45, 7) is 6.72. The third kappa shape index (κ3) is 3.99. The number of allylic oxidation sites excluding steroid dienone is 1. The number of aromatic nitrogens is 2. The van der Waals surface area contributed by atoms with Gasteiger partial charge in [0.05, 0.1) is 11.4 Å². The first-order valence-electron chi connectivity index (χ1n) is 10.6. The monoisotopic (exact) mass is 418 g/mol. The van der Waals surface area contributed by atoms with Crippen LogP contribution in [0.4, 0.5) is 0 Å². The van der Waals surface area contributed by atoms with Gasteiger partial charge in [-0.1, -0.05) is 74.8 Å². The molecule has 4 heteroatoms. The van der Waals surface area contributed by atoms with Crippen molar-refractivity contribution in [3.63, 3.8) is 0 Å². The van der Waals surface area contributed by atoms with E-state index in [2.05, 4.69) is 32.9 Å². The number of halogens is 1. The molecular weight excluding hydrogens is 392 g/mol. The van der Waals surface area contributed by atoms with Crippen LogP contribution >= 0.6 is 11.6 Å². The van der Waals surface area contributed by atoms with Crippen molar-refractivity contribution in [2.45, 2.75) is 45.4 Å². The quantitative estimate of drug-likeness (QED) is 0.420. The van der Waals surface area contributed by atoms with E-state index in [1.165, 1.54) is 5.56 Å². The predicted octanol–water partition coefficient (Wildman–Crippen LogP) is 7.19. The van der Waals surface area contributed by atoms with E-state index in [1.807, 2.05) is 48.5 Å². The molecule has 0 saturated carbocycles. The predicted molar refractivity (Wildman–Crippen MR) is 124 cm³/mol. The minimum atomic E-state index is -0.108. The number of nitrogens with zero attached hydrogens (tertiary/aromatic N) is 2. The SMILES string of the molecule is CC(C)[C@H]1CC[C@@H](C)c2c(-c3ccccc3)nn(C(=O)/C=C/c3ccc(Cl)cc3)c21. The maximum atomic E-state index is 13.3. The van der Waals surface area contributed by atoms with Crippen molar-refractivity contribution in [1.82, 2.24) is 9.78 Å². The zero-order valence-corrected chi connectivity index (χ0v) is 18.4. The number of benzene rings is 2. The van der Waals surface area contributed by atoms with Crippen LogP contribution in [0.25, 0.3) is 17.3 Å². The molecule has 0 amide bonds. The molecule has 0 fully saturated rings. The second-order valence-electron chi connectivity index (χ2n) is 8.48. The number of fused-ring (bicyclic) bond motifs is 1. The Morgan fingerprint density at radius 1 is 1.10 bits per heavy atom. The highest BCUT2D eigenvalue weighted by molar-refractivity contribution is 6.30. The van der Waals surface area contributed by atoms with Crippen LogP contribution < -0.4 is 0 Å². The molecule has 3 nitrogen and oxygen atoms in total. The first kappa shape index (κ1) is 20.6. The van der Waals surface area contributed by atoms with Gasteiger partial charge in [0, 0.05) is 28.1 Å². The Hall–Kier alpha value is -2.65.